The number of anilines is 1. The van der Waals surface area contributed by atoms with Crippen molar-refractivity contribution in [1.29, 1.82) is 0 Å². The van der Waals surface area contributed by atoms with E-state index in [9.17, 15) is 21.6 Å². The van der Waals surface area contributed by atoms with Gasteiger partial charge in [0.1, 0.15) is 11.3 Å². The maximum atomic E-state index is 14.3. The van der Waals surface area contributed by atoms with Crippen LogP contribution in [0.3, 0.4) is 0 Å². The second kappa shape index (κ2) is 9.98. The van der Waals surface area contributed by atoms with Crippen molar-refractivity contribution < 1.29 is 26.1 Å². The van der Waals surface area contributed by atoms with Crippen LogP contribution in [0.4, 0.5) is 19.1 Å². The Hall–Kier alpha value is -4.26. The largest absolute Gasteiger partial charge is 0.419 e. The molecule has 0 unspecified atom stereocenters. The minimum Gasteiger partial charge on any atom is -0.361 e. The molecule has 212 valence electrons. The third kappa shape index (κ3) is 4.83. The zero-order valence-electron chi connectivity index (χ0n) is 22.1. The van der Waals surface area contributed by atoms with Crippen LogP contribution in [0.25, 0.3) is 33.5 Å². The number of pyridine rings is 1. The number of hydrogen-bond donors (Lipinski definition) is 1. The molecule has 0 radical (unpaired) electrons. The van der Waals surface area contributed by atoms with E-state index in [0.717, 1.165) is 42.0 Å². The summed E-state index contributed by atoms with van der Waals surface area (Å²) in [5, 5.41) is 7.26. The number of benzene rings is 1. The van der Waals surface area contributed by atoms with Crippen molar-refractivity contribution in [3.8, 4) is 22.5 Å². The van der Waals surface area contributed by atoms with Crippen molar-refractivity contribution in [2.45, 2.75) is 56.6 Å². The van der Waals surface area contributed by atoms with Crippen LogP contribution in [0, 0.1) is 13.8 Å². The van der Waals surface area contributed by atoms with Gasteiger partial charge >= 0.3 is 6.18 Å². The second-order valence-corrected chi connectivity index (χ2v) is 11.8. The highest BCUT2D eigenvalue weighted by atomic mass is 32.2. The van der Waals surface area contributed by atoms with Gasteiger partial charge in [-0.05, 0) is 51.0 Å². The smallest absolute Gasteiger partial charge is 0.361 e. The highest BCUT2D eigenvalue weighted by Crippen LogP contribution is 2.41. The lowest BCUT2D eigenvalue weighted by atomic mass is 10.1. The van der Waals surface area contributed by atoms with Crippen molar-refractivity contribution in [3.63, 3.8) is 0 Å². The quantitative estimate of drug-likeness (QED) is 0.245. The maximum absolute atomic E-state index is 14.3. The molecular formula is C28H25F3N6O3S. The summed E-state index contributed by atoms with van der Waals surface area (Å²) in [6.07, 6.45) is 0.835. The Morgan fingerprint density at radius 3 is 2.41 bits per heavy atom. The van der Waals surface area contributed by atoms with E-state index in [4.69, 9.17) is 4.52 Å². The van der Waals surface area contributed by atoms with Gasteiger partial charge in [0, 0.05) is 29.4 Å². The molecule has 1 saturated carbocycles. The molecule has 0 saturated heterocycles. The average molecular weight is 583 g/mol. The van der Waals surface area contributed by atoms with Gasteiger partial charge < -0.3 is 9.84 Å². The minimum absolute atomic E-state index is 0.0403. The fraction of sp³-hybridized carbons (Fsp3) is 0.286. The van der Waals surface area contributed by atoms with E-state index in [1.807, 2.05) is 0 Å². The van der Waals surface area contributed by atoms with Gasteiger partial charge in [-0.25, -0.2) is 27.3 Å². The van der Waals surface area contributed by atoms with Crippen molar-refractivity contribution in [3.05, 3.63) is 71.9 Å². The molecule has 5 aromatic rings. The van der Waals surface area contributed by atoms with E-state index >= 15 is 0 Å². The molecule has 0 spiro atoms. The number of hydrogen-bond acceptors (Lipinski definition) is 8. The van der Waals surface area contributed by atoms with Crippen LogP contribution in [0.15, 0.2) is 64.3 Å². The highest BCUT2D eigenvalue weighted by molar-refractivity contribution is 7.90. The monoisotopic (exact) mass is 582 g/mol. The van der Waals surface area contributed by atoms with Gasteiger partial charge in [0.25, 0.3) is 10.0 Å². The Kier molecular flexibility index (Phi) is 6.56. The van der Waals surface area contributed by atoms with Gasteiger partial charge in [0.15, 0.2) is 5.65 Å². The van der Waals surface area contributed by atoms with Gasteiger partial charge in [0.2, 0.25) is 5.95 Å². The van der Waals surface area contributed by atoms with Gasteiger partial charge in [-0.3, -0.25) is 0 Å². The van der Waals surface area contributed by atoms with Gasteiger partial charge in [-0.15, -0.1) is 0 Å². The molecule has 41 heavy (non-hydrogen) atoms. The molecule has 0 bridgehead atoms. The summed E-state index contributed by atoms with van der Waals surface area (Å²) in [6.45, 7) is 3.42. The first-order valence-corrected chi connectivity index (χ1v) is 14.4. The fourth-order valence-corrected chi connectivity index (χ4v) is 6.60. The fourth-order valence-electron chi connectivity index (χ4n) is 5.26. The summed E-state index contributed by atoms with van der Waals surface area (Å²) in [5.41, 5.74) is -0.145. The van der Waals surface area contributed by atoms with E-state index in [2.05, 4.69) is 25.4 Å². The summed E-state index contributed by atoms with van der Waals surface area (Å²) in [4.78, 5) is 12.8. The van der Waals surface area contributed by atoms with E-state index < -0.39 is 27.5 Å². The molecule has 4 aromatic heterocycles. The van der Waals surface area contributed by atoms with Crippen molar-refractivity contribution in [2.75, 3.05) is 5.32 Å². The van der Waals surface area contributed by atoms with Crippen LogP contribution in [0.5, 0.6) is 0 Å². The molecule has 0 aliphatic heterocycles. The zero-order chi connectivity index (χ0) is 28.9. The van der Waals surface area contributed by atoms with Crippen LogP contribution >= 0.6 is 0 Å². The normalized spacial score (nSPS) is 14.7. The van der Waals surface area contributed by atoms with Crippen molar-refractivity contribution >= 4 is 27.0 Å². The topological polar surface area (TPSA) is 116 Å². The number of rotatable bonds is 6. The lowest BCUT2D eigenvalue weighted by Crippen LogP contribution is -2.18. The van der Waals surface area contributed by atoms with Gasteiger partial charge in [-0.2, -0.15) is 13.2 Å². The SMILES string of the molecule is Cc1noc(C)c1-c1ccc2c(-c3nc(NC4CCCC4)ncc3C(F)(F)F)cn(S(=O)(=O)c3ccccc3)c2n1. The predicted molar refractivity (Wildman–Crippen MR) is 146 cm³/mol. The number of aromatic nitrogens is 5. The summed E-state index contributed by atoms with van der Waals surface area (Å²) in [5.74, 6) is 0.517. The van der Waals surface area contributed by atoms with Crippen molar-refractivity contribution in [1.82, 2.24) is 24.1 Å². The van der Waals surface area contributed by atoms with E-state index in [-0.39, 0.29) is 33.5 Å². The predicted octanol–water partition coefficient (Wildman–Crippen LogP) is 6.38. The van der Waals surface area contributed by atoms with E-state index in [0.29, 0.717) is 22.7 Å². The Labute approximate surface area is 233 Å². The van der Waals surface area contributed by atoms with Crippen molar-refractivity contribution in [2.24, 2.45) is 0 Å². The first-order chi connectivity index (χ1) is 19.5. The molecule has 13 heteroatoms. The number of nitrogens with one attached hydrogen (secondary N) is 1. The molecule has 9 nitrogen and oxygen atoms in total. The number of fused-ring (bicyclic) bond motifs is 1. The third-order valence-corrected chi connectivity index (χ3v) is 8.91. The Balaban J connectivity index is 1.62. The molecule has 0 atom stereocenters. The molecule has 4 heterocycles. The van der Waals surface area contributed by atoms with Crippen LogP contribution in [0.1, 0.15) is 42.7 Å². The lowest BCUT2D eigenvalue weighted by Gasteiger charge is -2.15. The van der Waals surface area contributed by atoms with Crippen LogP contribution < -0.4 is 5.32 Å². The zero-order valence-corrected chi connectivity index (χ0v) is 22.9. The summed E-state index contributed by atoms with van der Waals surface area (Å²) in [6, 6.07) is 10.8. The van der Waals surface area contributed by atoms with Crippen LogP contribution in [0.2, 0.25) is 0 Å². The van der Waals surface area contributed by atoms with Crippen LogP contribution in [-0.4, -0.2) is 38.5 Å². The first-order valence-electron chi connectivity index (χ1n) is 13.0. The van der Waals surface area contributed by atoms with Crippen LogP contribution in [-0.2, 0) is 16.2 Å². The molecule has 0 amide bonds. The number of halogens is 3. The second-order valence-electron chi connectivity index (χ2n) is 10.0. The molecule has 6 rings (SSSR count). The lowest BCUT2D eigenvalue weighted by molar-refractivity contribution is -0.137. The molecule has 1 N–H and O–H groups in total. The molecule has 1 aliphatic rings. The standard InChI is InChI=1S/C28H25F3N6O3S/c1-16-24(17(2)40-36-16)23-13-12-20-21(15-37(26(20)34-23)41(38,39)19-10-4-3-5-11-19)25-22(28(29,30)31)14-32-27(35-25)33-18-8-6-7-9-18/h3-5,10-15,18H,6-9H2,1-2H3,(H,32,33,35). The highest BCUT2D eigenvalue weighted by Gasteiger charge is 2.37. The Morgan fingerprint density at radius 1 is 1.02 bits per heavy atom. The summed E-state index contributed by atoms with van der Waals surface area (Å²) >= 11 is 0. The number of aryl methyl sites for hydroxylation is 2. The summed E-state index contributed by atoms with van der Waals surface area (Å²) < 4.78 is 76.6. The summed E-state index contributed by atoms with van der Waals surface area (Å²) in [7, 11) is -4.26. The Bertz CT molecular complexity index is 1840. The molecular weight excluding hydrogens is 557 g/mol. The van der Waals surface area contributed by atoms with Gasteiger partial charge in [0.05, 0.1) is 27.5 Å². The number of alkyl halides is 3. The Morgan fingerprint density at radius 2 is 1.76 bits per heavy atom. The minimum atomic E-state index is -4.79. The first kappa shape index (κ1) is 26.9. The van der Waals surface area contributed by atoms with Gasteiger partial charge in [-0.1, -0.05) is 36.2 Å². The number of nitrogens with zero attached hydrogens (tertiary/aromatic N) is 5. The molecule has 1 aliphatic carbocycles. The van der Waals surface area contributed by atoms with E-state index in [1.165, 1.54) is 12.1 Å². The van der Waals surface area contributed by atoms with E-state index in [1.54, 1.807) is 44.2 Å². The molecule has 1 aromatic carbocycles. The molecule has 1 fully saturated rings. The average Bonchev–Trinajstić information content (AvgIpc) is 3.67. The third-order valence-electron chi connectivity index (χ3n) is 7.25. The maximum Gasteiger partial charge on any atom is 0.419 e.